The molecule has 0 spiro atoms. The number of carbonyl (C=O) groups is 1. The summed E-state index contributed by atoms with van der Waals surface area (Å²) in [5, 5.41) is 9.81. The average molecular weight is 523 g/mol. The molecular weight excluding hydrogens is 497 g/mol. The van der Waals surface area contributed by atoms with Gasteiger partial charge in [-0.1, -0.05) is 41.6 Å². The molecule has 0 bridgehead atoms. The number of nitrogens with zero attached hydrogens (tertiary/aromatic N) is 6. The third-order valence-electron chi connectivity index (χ3n) is 6.30. The Balaban J connectivity index is 1.34. The van der Waals surface area contributed by atoms with E-state index < -0.39 is 25.2 Å². The fraction of sp³-hybridized carbons (Fsp3) is 0.259. The van der Waals surface area contributed by atoms with Crippen LogP contribution < -0.4 is 4.90 Å². The molecular formula is C27H25F3N6O2. The number of alkyl halides is 3. The van der Waals surface area contributed by atoms with E-state index in [0.717, 1.165) is 27.1 Å². The van der Waals surface area contributed by atoms with E-state index in [-0.39, 0.29) is 11.6 Å². The Morgan fingerprint density at radius 2 is 1.95 bits per heavy atom. The fourth-order valence-electron chi connectivity index (χ4n) is 4.47. The van der Waals surface area contributed by atoms with Gasteiger partial charge in [-0.2, -0.15) is 13.2 Å². The highest BCUT2D eigenvalue weighted by Crippen LogP contribution is 2.32. The Hall–Kier alpha value is -4.41. The summed E-state index contributed by atoms with van der Waals surface area (Å²) in [5.74, 6) is -0.283. The first kappa shape index (κ1) is 25.2. The number of ether oxygens (including phenoxy) is 1. The summed E-state index contributed by atoms with van der Waals surface area (Å²) < 4.78 is 49.0. The number of aromatic nitrogens is 5. The Morgan fingerprint density at radius 1 is 1.16 bits per heavy atom. The lowest BCUT2D eigenvalue weighted by atomic mass is 9.95. The number of rotatable bonds is 7. The van der Waals surface area contributed by atoms with Crippen molar-refractivity contribution in [3.8, 4) is 0 Å². The van der Waals surface area contributed by atoms with Gasteiger partial charge in [-0.3, -0.25) is 4.79 Å². The Labute approximate surface area is 216 Å². The van der Waals surface area contributed by atoms with Crippen LogP contribution >= 0.6 is 0 Å². The van der Waals surface area contributed by atoms with E-state index in [1.165, 1.54) is 10.7 Å². The van der Waals surface area contributed by atoms with Crippen molar-refractivity contribution in [3.63, 3.8) is 0 Å². The number of benzene rings is 2. The van der Waals surface area contributed by atoms with Crippen LogP contribution in [0.25, 0.3) is 16.5 Å². The lowest BCUT2D eigenvalue weighted by Crippen LogP contribution is -2.41. The lowest BCUT2D eigenvalue weighted by Gasteiger charge is -2.24. The van der Waals surface area contributed by atoms with Gasteiger partial charge in [0.25, 0.3) is 0 Å². The first-order chi connectivity index (χ1) is 18.2. The molecule has 0 saturated heterocycles. The third kappa shape index (κ3) is 5.46. The van der Waals surface area contributed by atoms with E-state index in [2.05, 4.69) is 15.3 Å². The van der Waals surface area contributed by atoms with Gasteiger partial charge in [-0.05, 0) is 42.3 Å². The summed E-state index contributed by atoms with van der Waals surface area (Å²) in [6.07, 6.45) is 5.12. The molecule has 8 nitrogen and oxygen atoms in total. The molecule has 1 unspecified atom stereocenters. The molecule has 2 aromatic carbocycles. The molecule has 4 aromatic rings. The molecule has 196 valence electrons. The van der Waals surface area contributed by atoms with E-state index in [1.807, 2.05) is 42.0 Å². The molecule has 0 aliphatic heterocycles. The smallest absolute Gasteiger partial charge is 0.406 e. The normalized spacial score (nSPS) is 15.8. The number of aryl methyl sites for hydroxylation is 1. The van der Waals surface area contributed by atoms with Crippen molar-refractivity contribution in [3.05, 3.63) is 90.5 Å². The molecule has 11 heteroatoms. The minimum Gasteiger partial charge on any atom is -0.495 e. The van der Waals surface area contributed by atoms with Crippen molar-refractivity contribution < 1.29 is 22.7 Å². The molecule has 38 heavy (non-hydrogen) atoms. The van der Waals surface area contributed by atoms with Gasteiger partial charge in [0.1, 0.15) is 18.8 Å². The summed E-state index contributed by atoms with van der Waals surface area (Å²) in [6, 6.07) is 12.1. The molecule has 2 aromatic heterocycles. The highest BCUT2D eigenvalue weighted by molar-refractivity contribution is 5.96. The summed E-state index contributed by atoms with van der Waals surface area (Å²) in [6.45, 7) is 0.1000. The molecule has 0 fully saturated rings. The van der Waals surface area contributed by atoms with Gasteiger partial charge < -0.3 is 14.2 Å². The molecule has 0 N–H and O–H groups in total. The van der Waals surface area contributed by atoms with Crippen LogP contribution in [0.4, 0.5) is 18.9 Å². The standard InChI is InChI=1S/C27H25F3N6O2/c1-18-13-34(17-31-18)24-10-8-21(12-25(24)38-2)23-14-35(33-32-23)15-26(37)36(16-27(28,29)30)22-9-7-19-5-3-4-6-20(19)11-22/h3-7,9-14,17,21H,8,15-16H2,1-2H3. The summed E-state index contributed by atoms with van der Waals surface area (Å²) >= 11 is 0. The van der Waals surface area contributed by atoms with E-state index in [9.17, 15) is 18.0 Å². The predicted octanol–water partition coefficient (Wildman–Crippen LogP) is 5.09. The van der Waals surface area contributed by atoms with Crippen molar-refractivity contribution in [1.82, 2.24) is 24.5 Å². The highest BCUT2D eigenvalue weighted by Gasteiger charge is 2.34. The zero-order chi connectivity index (χ0) is 26.9. The minimum absolute atomic E-state index is 0.165. The van der Waals surface area contributed by atoms with Crippen LogP contribution in [0.5, 0.6) is 0 Å². The molecule has 0 saturated carbocycles. The first-order valence-electron chi connectivity index (χ1n) is 11.9. The zero-order valence-corrected chi connectivity index (χ0v) is 20.8. The van der Waals surface area contributed by atoms with Gasteiger partial charge in [0.15, 0.2) is 0 Å². The van der Waals surface area contributed by atoms with Gasteiger partial charge in [-0.25, -0.2) is 9.67 Å². The number of allylic oxidation sites excluding steroid dienone is 3. The molecule has 5 rings (SSSR count). The topological polar surface area (TPSA) is 78.1 Å². The first-order valence-corrected chi connectivity index (χ1v) is 11.9. The van der Waals surface area contributed by atoms with Crippen LogP contribution in [-0.4, -0.2) is 50.3 Å². The number of fused-ring (bicyclic) bond motifs is 1. The van der Waals surface area contributed by atoms with E-state index in [4.69, 9.17) is 4.74 Å². The third-order valence-corrected chi connectivity index (χ3v) is 6.30. The number of hydrogen-bond donors (Lipinski definition) is 0. The van der Waals surface area contributed by atoms with Crippen LogP contribution in [0.15, 0.2) is 79.1 Å². The number of carbonyl (C=O) groups excluding carboxylic acids is 1. The molecule has 1 aliphatic carbocycles. The highest BCUT2D eigenvalue weighted by atomic mass is 19.4. The van der Waals surface area contributed by atoms with Gasteiger partial charge in [0.2, 0.25) is 5.91 Å². The van der Waals surface area contributed by atoms with Crippen molar-refractivity contribution in [2.75, 3.05) is 18.6 Å². The van der Waals surface area contributed by atoms with Crippen LogP contribution in [-0.2, 0) is 16.1 Å². The van der Waals surface area contributed by atoms with Gasteiger partial charge in [-0.15, -0.1) is 5.10 Å². The maximum atomic E-state index is 13.4. The SMILES string of the molecule is COC1=CC(c2cn(CC(=O)N(CC(F)(F)F)c3ccc4ccccc4c3)nn2)CC=C1n1cnc(C)c1. The summed E-state index contributed by atoms with van der Waals surface area (Å²) in [4.78, 5) is 18.1. The maximum absolute atomic E-state index is 13.4. The van der Waals surface area contributed by atoms with E-state index in [1.54, 1.807) is 43.9 Å². The van der Waals surface area contributed by atoms with Crippen molar-refractivity contribution in [2.24, 2.45) is 0 Å². The molecule has 1 amide bonds. The molecule has 2 heterocycles. The van der Waals surface area contributed by atoms with Crippen molar-refractivity contribution >= 4 is 28.1 Å². The molecule has 1 atom stereocenters. The van der Waals surface area contributed by atoms with Gasteiger partial charge >= 0.3 is 6.18 Å². The quantitative estimate of drug-likeness (QED) is 0.338. The minimum atomic E-state index is -4.57. The summed E-state index contributed by atoms with van der Waals surface area (Å²) in [7, 11) is 1.57. The number of amides is 1. The number of anilines is 1. The van der Waals surface area contributed by atoms with Crippen LogP contribution in [0, 0.1) is 6.92 Å². The van der Waals surface area contributed by atoms with Crippen LogP contribution in [0.2, 0.25) is 0 Å². The summed E-state index contributed by atoms with van der Waals surface area (Å²) in [5.41, 5.74) is 2.47. The second kappa shape index (κ2) is 10.2. The van der Waals surface area contributed by atoms with E-state index >= 15 is 0 Å². The van der Waals surface area contributed by atoms with Gasteiger partial charge in [0.05, 0.1) is 30.5 Å². The second-order valence-corrected chi connectivity index (χ2v) is 9.06. The Kier molecular flexibility index (Phi) is 6.75. The Morgan fingerprint density at radius 3 is 2.66 bits per heavy atom. The predicted molar refractivity (Wildman–Crippen MR) is 136 cm³/mol. The van der Waals surface area contributed by atoms with Crippen LogP contribution in [0.3, 0.4) is 0 Å². The van der Waals surface area contributed by atoms with E-state index in [0.29, 0.717) is 17.9 Å². The number of hydrogen-bond acceptors (Lipinski definition) is 5. The second-order valence-electron chi connectivity index (χ2n) is 9.06. The number of halogens is 3. The maximum Gasteiger partial charge on any atom is 0.406 e. The molecule has 0 radical (unpaired) electrons. The zero-order valence-electron chi connectivity index (χ0n) is 20.8. The number of methoxy groups -OCH3 is 1. The van der Waals surface area contributed by atoms with Crippen molar-refractivity contribution in [2.45, 2.75) is 32.0 Å². The average Bonchev–Trinajstić information content (AvgIpc) is 3.55. The van der Waals surface area contributed by atoms with Gasteiger partial charge in [0, 0.05) is 24.0 Å². The monoisotopic (exact) mass is 522 g/mol. The van der Waals surface area contributed by atoms with Crippen LogP contribution in [0.1, 0.15) is 23.7 Å². The van der Waals surface area contributed by atoms with Crippen molar-refractivity contribution in [1.29, 1.82) is 0 Å². The number of imidazole rings is 1. The molecule has 1 aliphatic rings. The Bertz CT molecular complexity index is 1530. The fourth-order valence-corrected chi connectivity index (χ4v) is 4.47. The largest absolute Gasteiger partial charge is 0.495 e. The lowest BCUT2D eigenvalue weighted by molar-refractivity contribution is -0.132.